The first-order valence-electron chi connectivity index (χ1n) is 8.40. The van der Waals surface area contributed by atoms with Gasteiger partial charge >= 0.3 is 0 Å². The highest BCUT2D eigenvalue weighted by atomic mass is 16.7. The fraction of sp³-hybridized carbons (Fsp3) is 0.412. The molecule has 1 aliphatic heterocycles. The lowest BCUT2D eigenvalue weighted by Gasteiger charge is -2.20. The van der Waals surface area contributed by atoms with Crippen LogP contribution in [-0.2, 0) is 9.59 Å². The van der Waals surface area contributed by atoms with Crippen molar-refractivity contribution in [3.8, 4) is 11.5 Å². The lowest BCUT2D eigenvalue weighted by atomic mass is 9.89. The molecule has 0 atom stereocenters. The topological polar surface area (TPSA) is 120 Å². The van der Waals surface area contributed by atoms with Crippen molar-refractivity contribution >= 4 is 23.6 Å². The number of rotatable bonds is 4. The molecular weight excluding hydrogens is 342 g/mol. The zero-order chi connectivity index (χ0) is 18.5. The molecule has 0 aromatic heterocycles. The van der Waals surface area contributed by atoms with E-state index in [-0.39, 0.29) is 35.6 Å². The number of hydrogen-bond acceptors (Lipinski definition) is 6. The number of carbonyl (C=O) groups is 2. The second-order valence-electron chi connectivity index (χ2n) is 6.17. The van der Waals surface area contributed by atoms with E-state index in [1.54, 1.807) is 0 Å². The number of nitro groups is 1. The number of amides is 2. The van der Waals surface area contributed by atoms with E-state index in [0.29, 0.717) is 5.75 Å². The Kier molecular flexibility index (Phi) is 5.35. The van der Waals surface area contributed by atoms with Gasteiger partial charge in [0.05, 0.1) is 16.6 Å². The van der Waals surface area contributed by atoms with E-state index < -0.39 is 10.8 Å². The first kappa shape index (κ1) is 17.7. The fourth-order valence-corrected chi connectivity index (χ4v) is 3.04. The Labute approximate surface area is 149 Å². The molecule has 0 saturated heterocycles. The van der Waals surface area contributed by atoms with Crippen molar-refractivity contribution in [2.24, 2.45) is 5.92 Å². The van der Waals surface area contributed by atoms with E-state index in [1.165, 1.54) is 18.2 Å². The van der Waals surface area contributed by atoms with Gasteiger partial charge in [-0.2, -0.15) is 0 Å². The summed E-state index contributed by atoms with van der Waals surface area (Å²) in [5.41, 5.74) is 4.70. The predicted molar refractivity (Wildman–Crippen MR) is 91.1 cm³/mol. The fourth-order valence-electron chi connectivity index (χ4n) is 3.04. The molecule has 9 heteroatoms. The molecule has 9 nitrogen and oxygen atoms in total. The van der Waals surface area contributed by atoms with Gasteiger partial charge < -0.3 is 9.47 Å². The van der Waals surface area contributed by atoms with Crippen molar-refractivity contribution in [3.63, 3.8) is 0 Å². The maximum absolute atomic E-state index is 12.0. The Morgan fingerprint density at radius 2 is 1.81 bits per heavy atom. The summed E-state index contributed by atoms with van der Waals surface area (Å²) in [6.07, 6.45) is 7.21. The lowest BCUT2D eigenvalue weighted by molar-refractivity contribution is -0.385. The SMILES string of the molecule is O=C(/C=C/c1cc2c(cc1[N+](=O)[O-])OCO2)NNC(=O)C1CCCCC1. The molecule has 0 spiro atoms. The molecule has 1 aromatic carbocycles. The highest BCUT2D eigenvalue weighted by Gasteiger charge is 2.23. The van der Waals surface area contributed by atoms with Crippen LogP contribution in [0.1, 0.15) is 37.7 Å². The summed E-state index contributed by atoms with van der Waals surface area (Å²) < 4.78 is 10.3. The van der Waals surface area contributed by atoms with Crippen LogP contribution in [0.4, 0.5) is 5.69 Å². The molecule has 1 aliphatic carbocycles. The molecule has 1 fully saturated rings. The van der Waals surface area contributed by atoms with Gasteiger partial charge in [-0.15, -0.1) is 0 Å². The van der Waals surface area contributed by atoms with Crippen LogP contribution < -0.4 is 20.3 Å². The molecular formula is C17H19N3O6. The van der Waals surface area contributed by atoms with Gasteiger partial charge in [0.2, 0.25) is 12.7 Å². The number of carbonyl (C=O) groups excluding carboxylic acids is 2. The van der Waals surface area contributed by atoms with Gasteiger partial charge in [-0.25, -0.2) is 0 Å². The summed E-state index contributed by atoms with van der Waals surface area (Å²) in [6, 6.07) is 2.69. The Hall–Kier alpha value is -3.10. The van der Waals surface area contributed by atoms with Crippen LogP contribution in [0.25, 0.3) is 6.08 Å². The number of fused-ring (bicyclic) bond motifs is 1. The first-order valence-corrected chi connectivity index (χ1v) is 8.40. The normalized spacial score (nSPS) is 16.5. The molecule has 1 aromatic rings. The number of nitrogens with one attached hydrogen (secondary N) is 2. The van der Waals surface area contributed by atoms with E-state index >= 15 is 0 Å². The zero-order valence-electron chi connectivity index (χ0n) is 14.0. The molecule has 2 N–H and O–H groups in total. The van der Waals surface area contributed by atoms with Crippen molar-refractivity contribution in [1.82, 2.24) is 10.9 Å². The number of hydrogen-bond donors (Lipinski definition) is 2. The Bertz CT molecular complexity index is 755. The summed E-state index contributed by atoms with van der Waals surface area (Å²) in [4.78, 5) is 34.5. The second kappa shape index (κ2) is 7.85. The molecule has 138 valence electrons. The quantitative estimate of drug-likeness (QED) is 0.481. The molecule has 0 unspecified atom stereocenters. The van der Waals surface area contributed by atoms with Crippen molar-refractivity contribution in [2.75, 3.05) is 6.79 Å². The highest BCUT2D eigenvalue weighted by Crippen LogP contribution is 2.38. The van der Waals surface area contributed by atoms with Crippen LogP contribution in [0.5, 0.6) is 11.5 Å². The number of hydrazine groups is 1. The molecule has 0 radical (unpaired) electrons. The zero-order valence-corrected chi connectivity index (χ0v) is 14.0. The van der Waals surface area contributed by atoms with Gasteiger partial charge in [0.1, 0.15) is 0 Å². The van der Waals surface area contributed by atoms with Gasteiger partial charge in [-0.05, 0) is 25.0 Å². The third-order valence-corrected chi connectivity index (χ3v) is 4.42. The standard InChI is InChI=1S/C17H19N3O6/c21-16(18-19-17(22)11-4-2-1-3-5-11)7-6-12-8-14-15(26-10-25-14)9-13(12)20(23)24/h6-9,11H,1-5,10H2,(H,18,21)(H,19,22)/b7-6+. The van der Waals surface area contributed by atoms with Gasteiger partial charge in [0, 0.05) is 12.0 Å². The van der Waals surface area contributed by atoms with Crippen LogP contribution in [0.2, 0.25) is 0 Å². The minimum atomic E-state index is -0.582. The average molecular weight is 361 g/mol. The largest absolute Gasteiger partial charge is 0.454 e. The van der Waals surface area contributed by atoms with E-state index in [2.05, 4.69) is 10.9 Å². The summed E-state index contributed by atoms with van der Waals surface area (Å²) in [7, 11) is 0. The van der Waals surface area contributed by atoms with Crippen LogP contribution in [-0.4, -0.2) is 23.5 Å². The van der Waals surface area contributed by atoms with E-state index in [9.17, 15) is 19.7 Å². The van der Waals surface area contributed by atoms with Crippen LogP contribution in [0, 0.1) is 16.0 Å². The number of nitro benzene ring substituents is 1. The van der Waals surface area contributed by atoms with Gasteiger partial charge in [-0.1, -0.05) is 19.3 Å². The summed E-state index contributed by atoms with van der Waals surface area (Å²) in [5, 5.41) is 11.2. The Balaban J connectivity index is 1.61. The van der Waals surface area contributed by atoms with Gasteiger partial charge in [0.25, 0.3) is 11.6 Å². The molecule has 1 heterocycles. The van der Waals surface area contributed by atoms with Crippen molar-refractivity contribution in [2.45, 2.75) is 32.1 Å². The Morgan fingerprint density at radius 3 is 2.50 bits per heavy atom. The average Bonchev–Trinajstić information content (AvgIpc) is 3.11. The molecule has 0 bridgehead atoms. The molecule has 1 saturated carbocycles. The second-order valence-corrected chi connectivity index (χ2v) is 6.17. The lowest BCUT2D eigenvalue weighted by Crippen LogP contribution is -2.44. The minimum Gasteiger partial charge on any atom is -0.454 e. The summed E-state index contributed by atoms with van der Waals surface area (Å²) in [5.74, 6) is -0.205. The Morgan fingerprint density at radius 1 is 1.12 bits per heavy atom. The summed E-state index contributed by atoms with van der Waals surface area (Å²) >= 11 is 0. The third-order valence-electron chi connectivity index (χ3n) is 4.42. The number of nitrogens with zero attached hydrogens (tertiary/aromatic N) is 1. The maximum Gasteiger partial charge on any atom is 0.280 e. The van der Waals surface area contributed by atoms with Crippen molar-refractivity contribution in [1.29, 1.82) is 0 Å². The first-order chi connectivity index (χ1) is 12.5. The molecule has 26 heavy (non-hydrogen) atoms. The number of ether oxygens (including phenoxy) is 2. The van der Waals surface area contributed by atoms with Crippen molar-refractivity contribution < 1.29 is 24.0 Å². The van der Waals surface area contributed by atoms with E-state index in [4.69, 9.17) is 9.47 Å². The molecule has 2 aliphatic rings. The summed E-state index contributed by atoms with van der Waals surface area (Å²) in [6.45, 7) is -0.00661. The van der Waals surface area contributed by atoms with Crippen LogP contribution in [0.15, 0.2) is 18.2 Å². The van der Waals surface area contributed by atoms with Gasteiger partial charge in [-0.3, -0.25) is 30.6 Å². The smallest absolute Gasteiger partial charge is 0.280 e. The monoisotopic (exact) mass is 361 g/mol. The van der Waals surface area contributed by atoms with Gasteiger partial charge in [0.15, 0.2) is 11.5 Å². The number of benzene rings is 1. The van der Waals surface area contributed by atoms with Crippen LogP contribution in [0.3, 0.4) is 0 Å². The van der Waals surface area contributed by atoms with E-state index in [1.807, 2.05) is 0 Å². The molecule has 3 rings (SSSR count). The predicted octanol–water partition coefficient (Wildman–Crippen LogP) is 2.06. The van der Waals surface area contributed by atoms with Crippen molar-refractivity contribution in [3.05, 3.63) is 33.9 Å². The van der Waals surface area contributed by atoms with Crippen LogP contribution >= 0.6 is 0 Å². The van der Waals surface area contributed by atoms with E-state index in [0.717, 1.165) is 38.2 Å². The molecule has 2 amide bonds. The highest BCUT2D eigenvalue weighted by molar-refractivity contribution is 5.94. The minimum absolute atomic E-state index is 0.00661. The third kappa shape index (κ3) is 4.11. The maximum atomic E-state index is 12.0.